The Labute approximate surface area is 103 Å². The number of nitrogens with two attached hydrogens (primary N) is 1. The van der Waals surface area contributed by atoms with Gasteiger partial charge in [-0.2, -0.15) is 0 Å². The van der Waals surface area contributed by atoms with Gasteiger partial charge in [-0.3, -0.25) is 4.79 Å². The molecule has 1 aromatic heterocycles. The SMILES string of the molecule is N[C@H](Cc1ccc(O)cc1)C(=O)Nc1ccon1. The first-order valence-corrected chi connectivity index (χ1v) is 5.40. The molecule has 94 valence electrons. The fraction of sp³-hybridized carbons (Fsp3) is 0.167. The number of nitrogens with one attached hydrogen (secondary N) is 1. The van der Waals surface area contributed by atoms with E-state index in [9.17, 15) is 4.79 Å². The van der Waals surface area contributed by atoms with E-state index in [1.807, 2.05) is 0 Å². The molecular formula is C12H13N3O3. The summed E-state index contributed by atoms with van der Waals surface area (Å²) >= 11 is 0. The Bertz CT molecular complexity index is 508. The lowest BCUT2D eigenvalue weighted by Crippen LogP contribution is -2.37. The van der Waals surface area contributed by atoms with Gasteiger partial charge in [0.1, 0.15) is 12.0 Å². The maximum Gasteiger partial charge on any atom is 0.242 e. The first-order valence-electron chi connectivity index (χ1n) is 5.40. The van der Waals surface area contributed by atoms with Crippen LogP contribution in [0.3, 0.4) is 0 Å². The first kappa shape index (κ1) is 12.1. The van der Waals surface area contributed by atoms with Crippen molar-refractivity contribution < 1.29 is 14.4 Å². The number of phenols is 1. The Morgan fingerprint density at radius 1 is 1.39 bits per heavy atom. The molecule has 6 nitrogen and oxygen atoms in total. The smallest absolute Gasteiger partial charge is 0.242 e. The predicted molar refractivity (Wildman–Crippen MR) is 64.9 cm³/mol. The number of carbonyl (C=O) groups is 1. The maximum atomic E-state index is 11.7. The number of hydrogen-bond donors (Lipinski definition) is 3. The lowest BCUT2D eigenvalue weighted by molar-refractivity contribution is -0.117. The van der Waals surface area contributed by atoms with Gasteiger partial charge < -0.3 is 20.7 Å². The van der Waals surface area contributed by atoms with Crippen molar-refractivity contribution in [3.8, 4) is 5.75 Å². The Kier molecular flexibility index (Phi) is 3.59. The average molecular weight is 247 g/mol. The number of benzene rings is 1. The molecule has 4 N–H and O–H groups in total. The van der Waals surface area contributed by atoms with Crippen LogP contribution in [0.5, 0.6) is 5.75 Å². The summed E-state index contributed by atoms with van der Waals surface area (Å²) in [4.78, 5) is 11.7. The largest absolute Gasteiger partial charge is 0.508 e. The molecule has 0 fully saturated rings. The Morgan fingerprint density at radius 3 is 2.72 bits per heavy atom. The van der Waals surface area contributed by atoms with Gasteiger partial charge in [0, 0.05) is 6.07 Å². The molecule has 0 bridgehead atoms. The van der Waals surface area contributed by atoms with Crippen LogP contribution in [0.15, 0.2) is 41.1 Å². The number of nitrogens with zero attached hydrogens (tertiary/aromatic N) is 1. The molecule has 0 unspecified atom stereocenters. The molecule has 18 heavy (non-hydrogen) atoms. The molecule has 0 radical (unpaired) electrons. The predicted octanol–water partition coefficient (Wildman–Crippen LogP) is 0.889. The minimum Gasteiger partial charge on any atom is -0.508 e. The van der Waals surface area contributed by atoms with Crippen molar-refractivity contribution >= 4 is 11.7 Å². The minimum atomic E-state index is -0.689. The zero-order valence-corrected chi connectivity index (χ0v) is 9.54. The van der Waals surface area contributed by atoms with E-state index in [1.54, 1.807) is 24.3 Å². The summed E-state index contributed by atoms with van der Waals surface area (Å²) < 4.78 is 4.59. The van der Waals surface area contributed by atoms with Gasteiger partial charge in [-0.15, -0.1) is 0 Å². The number of aromatic hydroxyl groups is 1. The molecule has 0 aliphatic heterocycles. The van der Waals surface area contributed by atoms with Crippen molar-refractivity contribution in [2.24, 2.45) is 5.73 Å². The van der Waals surface area contributed by atoms with Gasteiger partial charge in [-0.05, 0) is 24.1 Å². The van der Waals surface area contributed by atoms with Gasteiger partial charge in [0.15, 0.2) is 5.82 Å². The number of hydrogen-bond acceptors (Lipinski definition) is 5. The number of carbonyl (C=O) groups excluding carboxylic acids is 1. The van der Waals surface area contributed by atoms with E-state index in [1.165, 1.54) is 12.3 Å². The van der Waals surface area contributed by atoms with Crippen molar-refractivity contribution in [2.45, 2.75) is 12.5 Å². The Morgan fingerprint density at radius 2 is 2.11 bits per heavy atom. The molecular weight excluding hydrogens is 234 g/mol. The maximum absolute atomic E-state index is 11.7. The quantitative estimate of drug-likeness (QED) is 0.744. The molecule has 0 aliphatic rings. The van der Waals surface area contributed by atoms with E-state index in [0.29, 0.717) is 12.2 Å². The van der Waals surface area contributed by atoms with Gasteiger partial charge in [-0.25, -0.2) is 0 Å². The number of rotatable bonds is 4. The highest BCUT2D eigenvalue weighted by atomic mass is 16.5. The van der Waals surface area contributed by atoms with Gasteiger partial charge in [-0.1, -0.05) is 17.3 Å². The molecule has 0 spiro atoms. The van der Waals surface area contributed by atoms with Crippen molar-refractivity contribution in [1.82, 2.24) is 5.16 Å². The average Bonchev–Trinajstić information content (AvgIpc) is 2.85. The van der Waals surface area contributed by atoms with Crippen LogP contribution in [-0.4, -0.2) is 22.2 Å². The summed E-state index contributed by atoms with van der Waals surface area (Å²) in [5, 5.41) is 15.2. The minimum absolute atomic E-state index is 0.180. The van der Waals surface area contributed by atoms with E-state index < -0.39 is 6.04 Å². The van der Waals surface area contributed by atoms with E-state index in [2.05, 4.69) is 15.0 Å². The summed E-state index contributed by atoms with van der Waals surface area (Å²) in [5.41, 5.74) is 6.64. The molecule has 1 atom stereocenters. The summed E-state index contributed by atoms with van der Waals surface area (Å²) in [7, 11) is 0. The van der Waals surface area contributed by atoms with Crippen molar-refractivity contribution in [1.29, 1.82) is 0 Å². The number of phenolic OH excluding ortho intramolecular Hbond substituents is 1. The van der Waals surface area contributed by atoms with Crippen LogP contribution in [-0.2, 0) is 11.2 Å². The second-order valence-corrected chi connectivity index (χ2v) is 3.85. The van der Waals surface area contributed by atoms with Gasteiger partial charge in [0.25, 0.3) is 0 Å². The summed E-state index contributed by atoms with van der Waals surface area (Å²) in [6, 6.07) is 7.39. The third-order valence-corrected chi connectivity index (χ3v) is 2.42. The molecule has 1 heterocycles. The molecule has 6 heteroatoms. The summed E-state index contributed by atoms with van der Waals surface area (Å²) in [6.45, 7) is 0. The molecule has 1 amide bonds. The Hall–Kier alpha value is -2.34. The number of anilines is 1. The fourth-order valence-electron chi connectivity index (χ4n) is 1.47. The standard InChI is InChI=1S/C12H13N3O3/c13-10(7-8-1-3-9(16)4-2-8)12(17)14-11-5-6-18-15-11/h1-6,10,16H,7,13H2,(H,14,15,17)/t10-/m1/s1. The zero-order chi connectivity index (χ0) is 13.0. The number of amides is 1. The molecule has 0 aliphatic carbocycles. The molecule has 2 aromatic rings. The van der Waals surface area contributed by atoms with Gasteiger partial charge >= 0.3 is 0 Å². The second kappa shape index (κ2) is 5.33. The van der Waals surface area contributed by atoms with E-state index in [4.69, 9.17) is 10.8 Å². The highest BCUT2D eigenvalue weighted by molar-refractivity contribution is 5.93. The molecule has 1 aromatic carbocycles. The van der Waals surface area contributed by atoms with Crippen molar-refractivity contribution in [3.63, 3.8) is 0 Å². The second-order valence-electron chi connectivity index (χ2n) is 3.85. The highest BCUT2D eigenvalue weighted by Crippen LogP contribution is 2.11. The van der Waals surface area contributed by atoms with Crippen LogP contribution in [0, 0.1) is 0 Å². The highest BCUT2D eigenvalue weighted by Gasteiger charge is 2.15. The van der Waals surface area contributed by atoms with Crippen LogP contribution in [0.1, 0.15) is 5.56 Å². The fourth-order valence-corrected chi connectivity index (χ4v) is 1.47. The third kappa shape index (κ3) is 3.08. The molecule has 2 rings (SSSR count). The first-order chi connectivity index (χ1) is 8.65. The third-order valence-electron chi connectivity index (χ3n) is 2.42. The van der Waals surface area contributed by atoms with Crippen LogP contribution >= 0.6 is 0 Å². The van der Waals surface area contributed by atoms with Crippen molar-refractivity contribution in [3.05, 3.63) is 42.2 Å². The molecule has 0 saturated carbocycles. The molecule has 0 saturated heterocycles. The van der Waals surface area contributed by atoms with E-state index in [-0.39, 0.29) is 11.7 Å². The van der Waals surface area contributed by atoms with Gasteiger partial charge in [0.2, 0.25) is 5.91 Å². The van der Waals surface area contributed by atoms with E-state index in [0.717, 1.165) is 5.56 Å². The monoisotopic (exact) mass is 247 g/mol. The van der Waals surface area contributed by atoms with Crippen LogP contribution in [0.25, 0.3) is 0 Å². The van der Waals surface area contributed by atoms with E-state index >= 15 is 0 Å². The van der Waals surface area contributed by atoms with Crippen LogP contribution in [0.2, 0.25) is 0 Å². The van der Waals surface area contributed by atoms with Crippen LogP contribution < -0.4 is 11.1 Å². The lowest BCUT2D eigenvalue weighted by Gasteiger charge is -2.10. The topological polar surface area (TPSA) is 101 Å². The number of aromatic nitrogens is 1. The Balaban J connectivity index is 1.93. The lowest BCUT2D eigenvalue weighted by atomic mass is 10.1. The normalized spacial score (nSPS) is 12.1. The summed E-state index contributed by atoms with van der Waals surface area (Å²) in [6.07, 6.45) is 1.74. The van der Waals surface area contributed by atoms with Crippen molar-refractivity contribution in [2.75, 3.05) is 5.32 Å². The summed E-state index contributed by atoms with van der Waals surface area (Å²) in [5.74, 6) is 0.178. The zero-order valence-electron chi connectivity index (χ0n) is 9.54. The van der Waals surface area contributed by atoms with Gasteiger partial charge in [0.05, 0.1) is 6.04 Å². The van der Waals surface area contributed by atoms with Crippen LogP contribution in [0.4, 0.5) is 5.82 Å².